The Balaban J connectivity index is 0.000000129. The van der Waals surface area contributed by atoms with Crippen LogP contribution < -0.4 is 40.9 Å². The third-order valence-corrected chi connectivity index (χ3v) is 21.8. The summed E-state index contributed by atoms with van der Waals surface area (Å²) in [5.41, 5.74) is 17.6. The molecule has 4 aliphatic rings. The molecule has 4 heterocycles. The zero-order valence-electron chi connectivity index (χ0n) is 58.6. The average Bonchev–Trinajstić information content (AvgIpc) is 0.768. The highest BCUT2D eigenvalue weighted by Crippen LogP contribution is 2.50. The van der Waals surface area contributed by atoms with Crippen LogP contribution >= 0.6 is 104 Å². The summed E-state index contributed by atoms with van der Waals surface area (Å²) in [5, 5.41) is 15.2. The summed E-state index contributed by atoms with van der Waals surface area (Å²) in [4.78, 5) is 56.7. The lowest BCUT2D eigenvalue weighted by atomic mass is 9.92. The first kappa shape index (κ1) is 78.2. The van der Waals surface area contributed by atoms with Gasteiger partial charge in [0.25, 0.3) is 0 Å². The third kappa shape index (κ3) is 15.4. The van der Waals surface area contributed by atoms with Crippen LogP contribution in [0.15, 0.2) is 212 Å². The Morgan fingerprint density at radius 2 is 0.582 bits per heavy atom. The fraction of sp³-hybridized carbons (Fsp3) is 0.106. The molecule has 12 aromatic carbocycles. The van der Waals surface area contributed by atoms with E-state index in [1.165, 1.54) is 45.0 Å². The fourth-order valence-corrected chi connectivity index (χ4v) is 16.6. The molecule has 110 heavy (non-hydrogen) atoms. The fourth-order valence-electron chi connectivity index (χ4n) is 14.0. The van der Waals surface area contributed by atoms with Gasteiger partial charge in [-0.15, -0.1) is 0 Å². The van der Waals surface area contributed by atoms with Crippen molar-refractivity contribution in [2.24, 2.45) is 0 Å². The van der Waals surface area contributed by atoms with Gasteiger partial charge >= 0.3 is 24.1 Å². The van der Waals surface area contributed by atoms with Crippen LogP contribution in [-0.2, 0) is 32.6 Å². The van der Waals surface area contributed by atoms with Gasteiger partial charge in [0.2, 0.25) is 0 Å². The smallest absolute Gasteiger partial charge is 0.326 e. The molecule has 0 aromatic heterocycles. The van der Waals surface area contributed by atoms with E-state index in [0.29, 0.717) is 116 Å². The molecule has 0 saturated heterocycles. The second kappa shape index (κ2) is 33.3. The molecule has 0 fully saturated rings. The highest BCUT2D eigenvalue weighted by atomic mass is 35.5. The minimum atomic E-state index is -0.927. The average molecular weight is 1650 g/mol. The van der Waals surface area contributed by atoms with E-state index in [1.54, 1.807) is 115 Å². The number of hydrogen-bond donors (Lipinski definition) is 4. The van der Waals surface area contributed by atoms with E-state index in [-0.39, 0.29) is 41.8 Å². The lowest BCUT2D eigenvalue weighted by molar-refractivity contribution is 0.246. The van der Waals surface area contributed by atoms with Crippen LogP contribution in [-0.4, -0.2) is 24.1 Å². The quantitative estimate of drug-likeness (QED) is 0.107. The number of carbonyl (C=O) groups is 4. The van der Waals surface area contributed by atoms with E-state index >= 15 is 0 Å². The number of amides is 8. The van der Waals surface area contributed by atoms with Crippen molar-refractivity contribution in [1.29, 1.82) is 0 Å². The number of rotatable bonds is 9. The maximum absolute atomic E-state index is 14.6. The number of hydrogen-bond acceptors (Lipinski definition) is 4. The number of urea groups is 4. The summed E-state index contributed by atoms with van der Waals surface area (Å²) in [5.74, 6) is -2.41. The molecule has 4 aliphatic heterocycles. The van der Waals surface area contributed by atoms with E-state index in [2.05, 4.69) is 34.3 Å². The Morgan fingerprint density at radius 1 is 0.309 bits per heavy atom. The highest BCUT2D eigenvalue weighted by molar-refractivity contribution is 6.43. The molecule has 0 radical (unpaired) electrons. The third-order valence-electron chi connectivity index (χ3n) is 19.0. The number of fused-ring (bicyclic) bond motifs is 4. The predicted molar refractivity (Wildman–Crippen MR) is 439 cm³/mol. The number of nitrogens with one attached hydrogen (secondary N) is 4. The van der Waals surface area contributed by atoms with E-state index in [0.717, 1.165) is 90.0 Å². The molecule has 0 bridgehead atoms. The Hall–Kier alpha value is -9.95. The number of anilines is 8. The van der Waals surface area contributed by atoms with Gasteiger partial charge in [-0.25, -0.2) is 36.7 Å². The predicted octanol–water partition coefficient (Wildman–Crippen LogP) is 26.8. The zero-order valence-corrected chi connectivity index (χ0v) is 65.4. The summed E-state index contributed by atoms with van der Waals surface area (Å²) in [6.45, 7) is 8.82. The number of nitrogens with zero attached hydrogens (tertiary/aromatic N) is 4. The molecule has 8 amide bonds. The minimum absolute atomic E-state index is 0.165. The summed E-state index contributed by atoms with van der Waals surface area (Å²) < 4.78 is 55.6. The molecule has 0 spiro atoms. The van der Waals surface area contributed by atoms with Crippen molar-refractivity contribution in [1.82, 2.24) is 21.3 Å². The van der Waals surface area contributed by atoms with Gasteiger partial charge in [-0.2, -0.15) is 0 Å². The van der Waals surface area contributed by atoms with Crippen LogP contribution in [0, 0.1) is 44.0 Å². The number of halogens is 13. The molecule has 0 unspecified atom stereocenters. The molecule has 0 aliphatic carbocycles. The highest BCUT2D eigenvalue weighted by Gasteiger charge is 2.36. The SMILES string of the molecule is CCc1c(Cl)cccc1-c1cccc2c1CNC(=O)N2c1c(Cl)cccc1Cl.Cc1cc(F)ccc1-c1cccc2c1CNC(=O)N2c1c(Cl)cccc1Cl.Cc1cc(F)ccc1-c1cccc2c1CNC(=O)N2c1c(Cl)cccc1Cl.Cc1ccc(F)c(F)c1-c1cccc2c1CNC(=O)N2c1c(Cl)cccc1Cl. The monoisotopic (exact) mass is 1650 g/mol. The maximum atomic E-state index is 14.6. The molecule has 0 saturated carbocycles. The first-order valence-electron chi connectivity index (χ1n) is 34.2. The first-order valence-corrected chi connectivity index (χ1v) is 37.6. The number of benzene rings is 12. The molecule has 12 aromatic rings. The van der Waals surface area contributed by atoms with Gasteiger partial charge in [-0.05, 0) is 198 Å². The van der Waals surface area contributed by atoms with E-state index in [4.69, 9.17) is 104 Å². The van der Waals surface area contributed by atoms with Crippen molar-refractivity contribution < 1.29 is 36.7 Å². The second-order valence-electron chi connectivity index (χ2n) is 25.6. The van der Waals surface area contributed by atoms with Gasteiger partial charge in [-0.1, -0.05) is 214 Å². The Morgan fingerprint density at radius 3 is 0.900 bits per heavy atom. The van der Waals surface area contributed by atoms with E-state index in [9.17, 15) is 36.7 Å². The van der Waals surface area contributed by atoms with Crippen LogP contribution in [0.4, 0.5) is 82.2 Å². The normalized spacial score (nSPS) is 13.3. The molecule has 25 heteroatoms. The van der Waals surface area contributed by atoms with Crippen molar-refractivity contribution in [3.8, 4) is 44.5 Å². The summed E-state index contributed by atoms with van der Waals surface area (Å²) >= 11 is 57.2. The van der Waals surface area contributed by atoms with Crippen LogP contribution in [0.3, 0.4) is 0 Å². The molecular formula is C85H61Cl9F4N8O4. The molecule has 4 N–H and O–H groups in total. The van der Waals surface area contributed by atoms with Crippen molar-refractivity contribution >= 4 is 174 Å². The number of aryl methyl sites for hydroxylation is 3. The van der Waals surface area contributed by atoms with Gasteiger partial charge in [0.15, 0.2) is 11.6 Å². The van der Waals surface area contributed by atoms with E-state index in [1.807, 2.05) is 80.6 Å². The molecule has 12 nitrogen and oxygen atoms in total. The topological polar surface area (TPSA) is 129 Å². The van der Waals surface area contributed by atoms with Crippen LogP contribution in [0.2, 0.25) is 45.2 Å². The van der Waals surface area contributed by atoms with Gasteiger partial charge in [-0.3, -0.25) is 19.6 Å². The number of para-hydroxylation sites is 4. The largest absolute Gasteiger partial charge is 0.333 e. The van der Waals surface area contributed by atoms with Gasteiger partial charge in [0.1, 0.15) is 11.6 Å². The van der Waals surface area contributed by atoms with Crippen molar-refractivity contribution in [3.63, 3.8) is 0 Å². The van der Waals surface area contributed by atoms with Crippen LogP contribution in [0.5, 0.6) is 0 Å². The lowest BCUT2D eigenvalue weighted by Crippen LogP contribution is -2.41. The minimum Gasteiger partial charge on any atom is -0.333 e. The Labute approximate surface area is 676 Å². The van der Waals surface area contributed by atoms with Gasteiger partial charge in [0.05, 0.1) is 85.7 Å². The standard InChI is InChI=1S/C22H17Cl3N2O.C21H14Cl2F2N2O.2C21H15Cl2FN2O/c1-2-13-14(6-3-8-17(13)23)15-7-4-11-20-16(15)12-26-22(28)27(20)21-18(24)9-5-10-19(21)25;1-11-8-9-16(24)19(25)18(11)12-4-2-7-17-13(12)10-26-21(28)27(17)20-14(22)5-3-6-15(20)23;2*1-12-10-13(24)8-9-14(12)15-4-2-7-19-16(15)11-25-21(27)26(19)20-17(22)5-3-6-18(20)23/h3-11H,2,12H2,1H3,(H,26,28);2-9H,10H2,1H3,(H,26,28);2*2-10H,11H2,1H3,(H,25,27). The Bertz CT molecular complexity index is 5470. The van der Waals surface area contributed by atoms with Crippen molar-refractivity contribution in [2.75, 3.05) is 19.6 Å². The lowest BCUT2D eigenvalue weighted by Gasteiger charge is -2.32. The van der Waals surface area contributed by atoms with Gasteiger partial charge < -0.3 is 21.3 Å². The van der Waals surface area contributed by atoms with Crippen LogP contribution in [0.1, 0.15) is 51.4 Å². The Kier molecular flexibility index (Phi) is 23.7. The molecule has 16 rings (SSSR count). The zero-order chi connectivity index (χ0) is 78.1. The second-order valence-corrected chi connectivity index (χ2v) is 29.2. The van der Waals surface area contributed by atoms with Gasteiger partial charge in [0, 0.05) is 59.0 Å². The summed E-state index contributed by atoms with van der Waals surface area (Å²) in [6, 6.07) is 59.4. The molecular weight excluding hydrogens is 1590 g/mol. The van der Waals surface area contributed by atoms with Crippen LogP contribution in [0.25, 0.3) is 44.5 Å². The summed E-state index contributed by atoms with van der Waals surface area (Å²) in [7, 11) is 0. The number of carbonyl (C=O) groups excluding carboxylic acids is 4. The van der Waals surface area contributed by atoms with Crippen molar-refractivity contribution in [2.45, 2.75) is 60.3 Å². The summed E-state index contributed by atoms with van der Waals surface area (Å²) in [6.07, 6.45) is 0.811. The first-order chi connectivity index (χ1) is 52.9. The van der Waals surface area contributed by atoms with E-state index < -0.39 is 17.7 Å². The molecule has 0 atom stereocenters. The molecule has 556 valence electrons. The maximum Gasteiger partial charge on any atom is 0.326 e. The van der Waals surface area contributed by atoms with Crippen molar-refractivity contribution in [3.05, 3.63) is 325 Å².